The molecule has 3 aromatic carbocycles. The summed E-state index contributed by atoms with van der Waals surface area (Å²) in [6.45, 7) is 0.375. The number of carbonyl (C=O) groups excluding carboxylic acids is 1. The van der Waals surface area contributed by atoms with Crippen molar-refractivity contribution in [2.24, 2.45) is 10.7 Å². The smallest absolute Gasteiger partial charge is 0.294 e. The Hall–Kier alpha value is -4.63. The van der Waals surface area contributed by atoms with Crippen molar-refractivity contribution in [1.29, 1.82) is 0 Å². The van der Waals surface area contributed by atoms with E-state index >= 15 is 0 Å². The number of amides is 1. The second-order valence-corrected chi connectivity index (χ2v) is 8.54. The van der Waals surface area contributed by atoms with Crippen LogP contribution < -0.4 is 27.7 Å². The lowest BCUT2D eigenvalue weighted by molar-refractivity contribution is -0.121. The highest BCUT2D eigenvalue weighted by atomic mass is 35.5. The van der Waals surface area contributed by atoms with E-state index in [9.17, 15) is 9.59 Å². The van der Waals surface area contributed by atoms with Crippen molar-refractivity contribution < 1.29 is 4.79 Å². The molecule has 0 saturated carbocycles. The zero-order valence-corrected chi connectivity index (χ0v) is 20.7. The number of hydrogen-bond donors (Lipinski definition) is 4. The molecule has 0 fully saturated rings. The van der Waals surface area contributed by atoms with Crippen molar-refractivity contribution in [2.45, 2.75) is 19.6 Å². The van der Waals surface area contributed by atoms with E-state index in [4.69, 9.17) is 23.1 Å². The van der Waals surface area contributed by atoms with Crippen LogP contribution in [-0.2, 0) is 24.4 Å². The summed E-state index contributed by atoms with van der Waals surface area (Å²) in [6.07, 6.45) is 1.22. The van der Waals surface area contributed by atoms with Crippen molar-refractivity contribution in [3.05, 3.63) is 105 Å². The lowest BCUT2D eigenvalue weighted by atomic mass is 10.1. The standard InChI is InChI=1S/C27H26ClN7O2/c28-25-24(20-7-4-8-21(30)13-20)35(27(37)26(34-25)32-15-18-5-2-1-3-6-18)16-23(36)31-14-19-9-11-22(12-10-19)33-17-29/h1-13,17H,14-16,30H2,(H2,29,33)(H,31,36)(H,32,34). The molecule has 0 aliphatic heterocycles. The second-order valence-electron chi connectivity index (χ2n) is 8.18. The molecule has 0 aliphatic carbocycles. The zero-order chi connectivity index (χ0) is 26.2. The fourth-order valence-electron chi connectivity index (χ4n) is 3.73. The first-order valence-electron chi connectivity index (χ1n) is 11.5. The zero-order valence-electron chi connectivity index (χ0n) is 19.9. The Kier molecular flexibility index (Phi) is 8.17. The first kappa shape index (κ1) is 25.5. The van der Waals surface area contributed by atoms with Crippen molar-refractivity contribution in [1.82, 2.24) is 14.9 Å². The van der Waals surface area contributed by atoms with Gasteiger partial charge in [-0.3, -0.25) is 14.2 Å². The van der Waals surface area contributed by atoms with Crippen LogP contribution in [0.1, 0.15) is 11.1 Å². The molecule has 0 radical (unpaired) electrons. The van der Waals surface area contributed by atoms with Gasteiger partial charge < -0.3 is 22.1 Å². The van der Waals surface area contributed by atoms with Gasteiger partial charge in [-0.05, 0) is 35.4 Å². The van der Waals surface area contributed by atoms with Crippen LogP contribution in [0.4, 0.5) is 17.2 Å². The fourth-order valence-corrected chi connectivity index (χ4v) is 4.03. The number of halogens is 1. The molecule has 1 aromatic heterocycles. The third-order valence-electron chi connectivity index (χ3n) is 5.54. The van der Waals surface area contributed by atoms with E-state index in [0.717, 1.165) is 11.1 Å². The van der Waals surface area contributed by atoms with Crippen molar-refractivity contribution >= 4 is 41.0 Å². The maximum absolute atomic E-state index is 13.5. The van der Waals surface area contributed by atoms with Gasteiger partial charge in [-0.1, -0.05) is 66.2 Å². The van der Waals surface area contributed by atoms with Crippen LogP contribution >= 0.6 is 11.6 Å². The Morgan fingerprint density at radius 3 is 2.43 bits per heavy atom. The molecule has 10 heteroatoms. The number of anilines is 2. The van der Waals surface area contributed by atoms with Gasteiger partial charge in [0.1, 0.15) is 6.54 Å². The number of nitrogens with zero attached hydrogens (tertiary/aromatic N) is 3. The highest BCUT2D eigenvalue weighted by Crippen LogP contribution is 2.27. The van der Waals surface area contributed by atoms with Gasteiger partial charge >= 0.3 is 0 Å². The van der Waals surface area contributed by atoms with Crippen molar-refractivity contribution in [3.8, 4) is 11.3 Å². The molecule has 1 amide bonds. The van der Waals surface area contributed by atoms with E-state index in [1.165, 1.54) is 10.9 Å². The number of nitrogen functional groups attached to an aromatic ring is 1. The van der Waals surface area contributed by atoms with Gasteiger partial charge in [0.2, 0.25) is 5.91 Å². The largest absolute Gasteiger partial charge is 0.399 e. The summed E-state index contributed by atoms with van der Waals surface area (Å²) in [5.74, 6) is -0.321. The number of rotatable bonds is 9. The first-order valence-corrected chi connectivity index (χ1v) is 11.9. The van der Waals surface area contributed by atoms with E-state index in [1.54, 1.807) is 36.4 Å². The monoisotopic (exact) mass is 515 g/mol. The Bertz CT molecular complexity index is 1470. The molecule has 4 aromatic rings. The molecule has 0 unspecified atom stereocenters. The number of aliphatic imine (C=N–C) groups is 1. The maximum Gasteiger partial charge on any atom is 0.294 e. The van der Waals surface area contributed by atoms with Gasteiger partial charge in [-0.25, -0.2) is 9.98 Å². The minimum absolute atomic E-state index is 0.0466. The third-order valence-corrected chi connectivity index (χ3v) is 5.80. The molecule has 4 rings (SSSR count). The summed E-state index contributed by atoms with van der Waals surface area (Å²) in [5.41, 5.74) is 14.7. The number of nitrogens with two attached hydrogens (primary N) is 2. The van der Waals surface area contributed by atoms with Crippen molar-refractivity contribution in [2.75, 3.05) is 11.1 Å². The lowest BCUT2D eigenvalue weighted by Crippen LogP contribution is -2.34. The summed E-state index contributed by atoms with van der Waals surface area (Å²) < 4.78 is 1.31. The van der Waals surface area contributed by atoms with Crippen LogP contribution in [0, 0.1) is 0 Å². The Labute approximate surface area is 218 Å². The van der Waals surface area contributed by atoms with Gasteiger partial charge in [-0.2, -0.15) is 0 Å². The third kappa shape index (κ3) is 6.53. The van der Waals surface area contributed by atoms with Crippen LogP contribution in [0.15, 0.2) is 88.6 Å². The van der Waals surface area contributed by atoms with Gasteiger partial charge in [0.05, 0.1) is 17.7 Å². The first-order chi connectivity index (χ1) is 17.9. The highest BCUT2D eigenvalue weighted by molar-refractivity contribution is 6.32. The Morgan fingerprint density at radius 1 is 1.00 bits per heavy atom. The van der Waals surface area contributed by atoms with Crippen LogP contribution in [0.2, 0.25) is 5.15 Å². The molecule has 0 aliphatic rings. The average molecular weight is 516 g/mol. The molecule has 188 valence electrons. The fraction of sp³-hybridized carbons (Fsp3) is 0.111. The molecule has 0 spiro atoms. The van der Waals surface area contributed by atoms with Crippen LogP contribution in [0.5, 0.6) is 0 Å². The summed E-state index contributed by atoms with van der Waals surface area (Å²) in [5, 5.41) is 5.96. The summed E-state index contributed by atoms with van der Waals surface area (Å²) in [6, 6.07) is 23.7. The van der Waals surface area contributed by atoms with Crippen LogP contribution in [0.25, 0.3) is 11.3 Å². The van der Waals surface area contributed by atoms with Gasteiger partial charge in [0.15, 0.2) is 11.0 Å². The van der Waals surface area contributed by atoms with E-state index in [-0.39, 0.29) is 30.0 Å². The van der Waals surface area contributed by atoms with E-state index in [1.807, 2.05) is 42.5 Å². The predicted octanol–water partition coefficient (Wildman–Crippen LogP) is 3.69. The number of carbonyl (C=O) groups is 1. The van der Waals surface area contributed by atoms with E-state index < -0.39 is 5.56 Å². The number of hydrogen-bond acceptors (Lipinski definition) is 6. The molecule has 6 N–H and O–H groups in total. The van der Waals surface area contributed by atoms with Crippen LogP contribution in [-0.4, -0.2) is 21.8 Å². The van der Waals surface area contributed by atoms with Gasteiger partial charge in [0.25, 0.3) is 5.56 Å². The molecule has 0 saturated heterocycles. The minimum Gasteiger partial charge on any atom is -0.399 e. The quantitative estimate of drug-likeness (QED) is 0.152. The van der Waals surface area contributed by atoms with E-state index in [0.29, 0.717) is 29.2 Å². The second kappa shape index (κ2) is 11.9. The minimum atomic E-state index is -0.475. The predicted molar refractivity (Wildman–Crippen MR) is 148 cm³/mol. The molecule has 37 heavy (non-hydrogen) atoms. The SMILES string of the molecule is NC=Nc1ccc(CNC(=O)Cn2c(-c3cccc(N)c3)c(Cl)nc(NCc3ccccc3)c2=O)cc1. The lowest BCUT2D eigenvalue weighted by Gasteiger charge is -2.17. The highest BCUT2D eigenvalue weighted by Gasteiger charge is 2.19. The molecule has 0 atom stereocenters. The topological polar surface area (TPSA) is 140 Å². The average Bonchev–Trinajstić information content (AvgIpc) is 2.90. The summed E-state index contributed by atoms with van der Waals surface area (Å²) in [7, 11) is 0. The molecular formula is C27H26ClN7O2. The molecular weight excluding hydrogens is 490 g/mol. The molecule has 0 bridgehead atoms. The number of nitrogens with one attached hydrogen (secondary N) is 2. The molecule has 1 heterocycles. The number of aromatic nitrogens is 2. The normalized spacial score (nSPS) is 10.9. The summed E-state index contributed by atoms with van der Waals surface area (Å²) in [4.78, 5) is 34.7. The Morgan fingerprint density at radius 2 is 1.73 bits per heavy atom. The van der Waals surface area contributed by atoms with Crippen LogP contribution in [0.3, 0.4) is 0 Å². The van der Waals surface area contributed by atoms with Gasteiger partial charge in [0, 0.05) is 24.3 Å². The molecule has 9 nitrogen and oxygen atoms in total. The van der Waals surface area contributed by atoms with Gasteiger partial charge in [-0.15, -0.1) is 0 Å². The summed E-state index contributed by atoms with van der Waals surface area (Å²) >= 11 is 6.57. The Balaban J connectivity index is 1.60. The van der Waals surface area contributed by atoms with E-state index in [2.05, 4.69) is 20.6 Å². The maximum atomic E-state index is 13.5. The number of benzene rings is 3. The van der Waals surface area contributed by atoms with Crippen molar-refractivity contribution in [3.63, 3.8) is 0 Å².